The van der Waals surface area contributed by atoms with E-state index in [4.69, 9.17) is 27.7 Å². The predicted octanol–water partition coefficient (Wildman–Crippen LogP) is 6.00. The molecule has 2 aromatic heterocycles. The van der Waals surface area contributed by atoms with Crippen molar-refractivity contribution in [2.75, 3.05) is 44.2 Å². The third-order valence-electron chi connectivity index (χ3n) is 10.2. The van der Waals surface area contributed by atoms with Gasteiger partial charge in [0.25, 0.3) is 0 Å². The Hall–Kier alpha value is -3.85. The molecule has 4 fully saturated rings. The highest BCUT2D eigenvalue weighted by molar-refractivity contribution is 6.35. The quantitative estimate of drug-likeness (QED) is 0.184. The number of nitrogens with zero attached hydrogens (tertiary/aromatic N) is 5. The number of rotatable bonds is 7. The molecule has 244 valence electrons. The second-order valence-corrected chi connectivity index (χ2v) is 13.9. The molecule has 2 bridgehead atoms. The summed E-state index contributed by atoms with van der Waals surface area (Å²) in [5.41, 5.74) is -0.395. The van der Waals surface area contributed by atoms with E-state index in [1.54, 1.807) is 0 Å². The van der Waals surface area contributed by atoms with Gasteiger partial charge in [-0.3, -0.25) is 0 Å². The summed E-state index contributed by atoms with van der Waals surface area (Å²) in [6.45, 7) is 3.89. The summed E-state index contributed by atoms with van der Waals surface area (Å²) in [6.07, 6.45) is 10.0. The number of ether oxygens (including phenoxy) is 1. The number of piperidine rings is 1. The van der Waals surface area contributed by atoms with Gasteiger partial charge in [0.2, 0.25) is 0 Å². The summed E-state index contributed by atoms with van der Waals surface area (Å²) >= 11 is 6.87. The van der Waals surface area contributed by atoms with E-state index in [2.05, 4.69) is 31.0 Å². The first-order chi connectivity index (χ1) is 22.7. The minimum Gasteiger partial charge on any atom is -0.508 e. The number of anilines is 1. The largest absolute Gasteiger partial charge is 0.508 e. The average molecular weight is 663 g/mol. The number of halogens is 4. The normalized spacial score (nSPS) is 22.6. The average Bonchev–Trinajstić information content (AvgIpc) is 3.75. The Labute approximate surface area is 275 Å². The molecule has 47 heavy (non-hydrogen) atoms. The van der Waals surface area contributed by atoms with Gasteiger partial charge >= 0.3 is 6.01 Å². The molecule has 8 rings (SSSR count). The number of nitrogens with one attached hydrogen (secondary N) is 1. The highest BCUT2D eigenvalue weighted by atomic mass is 35.5. The Morgan fingerprint density at radius 3 is 2.49 bits per heavy atom. The second-order valence-electron chi connectivity index (χ2n) is 13.6. The lowest BCUT2D eigenvalue weighted by molar-refractivity contribution is 0.107. The Bertz CT molecular complexity index is 1930. The number of benzene rings is 2. The highest BCUT2D eigenvalue weighted by Crippen LogP contribution is 2.47. The molecule has 4 aromatic rings. The number of piperazine rings is 1. The monoisotopic (exact) mass is 662 g/mol. The van der Waals surface area contributed by atoms with Gasteiger partial charge in [-0.15, -0.1) is 6.42 Å². The second kappa shape index (κ2) is 11.7. The van der Waals surface area contributed by atoms with E-state index in [-0.39, 0.29) is 67.5 Å². The van der Waals surface area contributed by atoms with Gasteiger partial charge in [-0.25, -0.2) is 18.2 Å². The highest BCUT2D eigenvalue weighted by Gasteiger charge is 2.45. The third-order valence-corrected chi connectivity index (χ3v) is 10.5. The molecule has 0 amide bonds. The van der Waals surface area contributed by atoms with Crippen LogP contribution in [0, 0.1) is 29.4 Å². The van der Waals surface area contributed by atoms with Crippen molar-refractivity contribution < 1.29 is 23.0 Å². The zero-order valence-corrected chi connectivity index (χ0v) is 26.5. The number of hydrogen-bond acceptors (Lipinski definition) is 8. The fraction of sp³-hybridized carbons (Fsp3) is 0.457. The van der Waals surface area contributed by atoms with E-state index in [9.17, 15) is 13.9 Å². The number of likely N-dealkylation sites (tertiary alicyclic amines) is 1. The molecule has 0 spiro atoms. The molecule has 0 radical (unpaired) electrons. The molecule has 3 aliphatic heterocycles. The lowest BCUT2D eigenvalue weighted by atomic mass is 9.96. The Morgan fingerprint density at radius 2 is 1.79 bits per heavy atom. The molecule has 3 saturated heterocycles. The molecule has 2 unspecified atom stereocenters. The first-order valence-electron chi connectivity index (χ1n) is 16.2. The van der Waals surface area contributed by atoms with Crippen molar-refractivity contribution in [2.45, 2.75) is 56.8 Å². The van der Waals surface area contributed by atoms with Gasteiger partial charge in [-0.05, 0) is 62.1 Å². The van der Waals surface area contributed by atoms with Crippen molar-refractivity contribution in [2.24, 2.45) is 5.41 Å². The van der Waals surface area contributed by atoms with Crippen LogP contribution in [0.2, 0.25) is 5.15 Å². The minimum absolute atomic E-state index is 0.0235. The van der Waals surface area contributed by atoms with Crippen LogP contribution in [0.1, 0.15) is 44.1 Å². The number of pyridine rings is 1. The van der Waals surface area contributed by atoms with Crippen LogP contribution in [0.3, 0.4) is 0 Å². The summed E-state index contributed by atoms with van der Waals surface area (Å²) in [5, 5.41) is 15.0. The zero-order chi connectivity index (χ0) is 32.4. The molecule has 4 aliphatic rings. The van der Waals surface area contributed by atoms with E-state index in [0.717, 1.165) is 45.3 Å². The van der Waals surface area contributed by atoms with Gasteiger partial charge < -0.3 is 25.0 Å². The Morgan fingerprint density at radius 1 is 1.04 bits per heavy atom. The summed E-state index contributed by atoms with van der Waals surface area (Å²) < 4.78 is 51.8. The number of alkyl halides is 1. The van der Waals surface area contributed by atoms with Crippen LogP contribution in [0.15, 0.2) is 24.3 Å². The topological polar surface area (TPSA) is 86.6 Å². The molecule has 8 nitrogen and oxygen atoms in total. The van der Waals surface area contributed by atoms with Crippen molar-refractivity contribution >= 4 is 39.1 Å². The van der Waals surface area contributed by atoms with Gasteiger partial charge in [-0.2, -0.15) is 9.97 Å². The molecule has 2 atom stereocenters. The van der Waals surface area contributed by atoms with E-state index < -0.39 is 17.8 Å². The number of aromatic nitrogens is 3. The summed E-state index contributed by atoms with van der Waals surface area (Å²) in [7, 11) is 0. The van der Waals surface area contributed by atoms with E-state index in [0.29, 0.717) is 43.7 Å². The lowest BCUT2D eigenvalue weighted by Gasteiger charge is -2.34. The van der Waals surface area contributed by atoms with Gasteiger partial charge in [0, 0.05) is 61.2 Å². The number of aromatic hydroxyl groups is 1. The first kappa shape index (κ1) is 30.5. The van der Waals surface area contributed by atoms with Crippen molar-refractivity contribution in [3.63, 3.8) is 0 Å². The lowest BCUT2D eigenvalue weighted by Crippen LogP contribution is -2.51. The smallest absolute Gasteiger partial charge is 0.319 e. The van der Waals surface area contributed by atoms with Gasteiger partial charge in [0.1, 0.15) is 39.9 Å². The van der Waals surface area contributed by atoms with Crippen molar-refractivity contribution in [1.82, 2.24) is 25.2 Å². The van der Waals surface area contributed by atoms with Crippen LogP contribution in [-0.4, -0.2) is 82.5 Å². The van der Waals surface area contributed by atoms with Crippen LogP contribution < -0.4 is 15.0 Å². The third kappa shape index (κ3) is 5.60. The van der Waals surface area contributed by atoms with Crippen LogP contribution in [-0.2, 0) is 0 Å². The van der Waals surface area contributed by atoms with E-state index in [1.807, 2.05) is 0 Å². The first-order valence-corrected chi connectivity index (χ1v) is 16.6. The van der Waals surface area contributed by atoms with E-state index in [1.165, 1.54) is 24.3 Å². The molecular formula is C35H34ClF3N6O2. The maximum absolute atomic E-state index is 16.9. The number of hydrogen-bond donors (Lipinski definition) is 2. The SMILES string of the molecule is C#Cc1c(F)ccc2cc(O)cc(-c3nc(Cl)c4c(N5CC6CCC(C5)N6)nc(OCC5(CN6CCC(F)CC6)CC5)nc4c3F)c12. The standard InChI is InChI=1S/C35H34ClF3N6O2/c1-2-24-26(38)6-3-19-13-23(46)14-25(27(19)24)30-29(39)31-28(32(36)41-30)33(45-15-21-4-5-22(16-45)40-21)43-34(42-31)47-18-35(9-10-35)17-44-11-7-20(37)8-12-44/h1,3,6,13-14,20-22,40,46H,4-5,7-12,15-18H2. The van der Waals surface area contributed by atoms with Crippen molar-refractivity contribution in [3.8, 4) is 35.4 Å². The van der Waals surface area contributed by atoms with Gasteiger partial charge in [0.15, 0.2) is 5.82 Å². The van der Waals surface area contributed by atoms with Crippen LogP contribution in [0.25, 0.3) is 32.9 Å². The minimum atomic E-state index is -0.814. The number of phenolic OH excluding ortho intramolecular Hbond substituents is 1. The maximum atomic E-state index is 16.9. The van der Waals surface area contributed by atoms with Gasteiger partial charge in [-0.1, -0.05) is 23.6 Å². The van der Waals surface area contributed by atoms with Crippen LogP contribution in [0.5, 0.6) is 11.8 Å². The zero-order valence-electron chi connectivity index (χ0n) is 25.7. The maximum Gasteiger partial charge on any atom is 0.319 e. The van der Waals surface area contributed by atoms with Crippen LogP contribution >= 0.6 is 11.6 Å². The molecule has 1 aliphatic carbocycles. The van der Waals surface area contributed by atoms with Crippen LogP contribution in [0.4, 0.5) is 19.0 Å². The van der Waals surface area contributed by atoms with E-state index >= 15 is 4.39 Å². The van der Waals surface area contributed by atoms with Crippen molar-refractivity contribution in [1.29, 1.82) is 0 Å². The van der Waals surface area contributed by atoms with Gasteiger partial charge in [0.05, 0.1) is 17.6 Å². The molecular weight excluding hydrogens is 629 g/mol. The summed E-state index contributed by atoms with van der Waals surface area (Å²) in [5.74, 6) is 1.16. The number of fused-ring (bicyclic) bond motifs is 4. The summed E-state index contributed by atoms with van der Waals surface area (Å²) in [4.78, 5) is 18.2. The molecule has 5 heterocycles. The van der Waals surface area contributed by atoms with Crippen molar-refractivity contribution in [3.05, 3.63) is 46.6 Å². The fourth-order valence-corrected chi connectivity index (χ4v) is 7.82. The summed E-state index contributed by atoms with van der Waals surface area (Å²) in [6, 6.07) is 5.95. The molecule has 2 aromatic carbocycles. The predicted molar refractivity (Wildman–Crippen MR) is 175 cm³/mol. The number of phenols is 1. The number of terminal acetylenes is 1. The molecule has 1 saturated carbocycles. The molecule has 12 heteroatoms. The molecule has 2 N–H and O–H groups in total. The fourth-order valence-electron chi connectivity index (χ4n) is 7.56. The Kier molecular flexibility index (Phi) is 7.58. The Balaban J connectivity index is 1.23.